The molecule has 0 spiro atoms. The predicted octanol–water partition coefficient (Wildman–Crippen LogP) is 3.96. The molecule has 0 saturated heterocycles. The maximum atomic E-state index is 13.5. The number of halogens is 1. The number of hydrogen-bond donors (Lipinski definition) is 1. The molecule has 18 heavy (non-hydrogen) atoms. The first kappa shape index (κ1) is 12.7. The maximum absolute atomic E-state index is 13.5. The molecule has 0 unspecified atom stereocenters. The molecule has 0 saturated carbocycles. The molecule has 2 aromatic rings. The lowest BCUT2D eigenvalue weighted by Gasteiger charge is -2.07. The molecule has 3 heteroatoms. The highest BCUT2D eigenvalue weighted by atomic mass is 19.1. The van der Waals surface area contributed by atoms with Crippen LogP contribution >= 0.6 is 0 Å². The van der Waals surface area contributed by atoms with Gasteiger partial charge in [0.1, 0.15) is 5.82 Å². The summed E-state index contributed by atoms with van der Waals surface area (Å²) in [5.41, 5.74) is 2.80. The number of benzene rings is 1. The summed E-state index contributed by atoms with van der Waals surface area (Å²) < 4.78 is 15.7. The SMILES string of the molecule is CCCn1ccc(CNc2cc(C)ccc2F)c1. The van der Waals surface area contributed by atoms with Gasteiger partial charge in [0.15, 0.2) is 0 Å². The van der Waals surface area contributed by atoms with Crippen molar-refractivity contribution in [2.24, 2.45) is 0 Å². The normalized spacial score (nSPS) is 10.6. The average molecular weight is 246 g/mol. The molecule has 0 bridgehead atoms. The molecule has 1 heterocycles. The molecule has 0 amide bonds. The molecule has 0 aliphatic carbocycles. The summed E-state index contributed by atoms with van der Waals surface area (Å²) in [7, 11) is 0. The van der Waals surface area contributed by atoms with Crippen LogP contribution in [0.1, 0.15) is 24.5 Å². The zero-order valence-electron chi connectivity index (χ0n) is 10.9. The first-order chi connectivity index (χ1) is 8.69. The molecule has 0 fully saturated rings. The fraction of sp³-hybridized carbons (Fsp3) is 0.333. The van der Waals surface area contributed by atoms with Crippen LogP contribution in [0, 0.1) is 12.7 Å². The predicted molar refractivity (Wildman–Crippen MR) is 73.2 cm³/mol. The molecule has 1 aromatic carbocycles. The van der Waals surface area contributed by atoms with Crippen molar-refractivity contribution in [3.05, 3.63) is 53.6 Å². The Kier molecular flexibility index (Phi) is 4.03. The quantitative estimate of drug-likeness (QED) is 0.845. The summed E-state index contributed by atoms with van der Waals surface area (Å²) in [4.78, 5) is 0. The number of aryl methyl sites for hydroxylation is 2. The molecule has 0 radical (unpaired) electrons. The van der Waals surface area contributed by atoms with Crippen molar-refractivity contribution in [1.82, 2.24) is 4.57 Å². The maximum Gasteiger partial charge on any atom is 0.146 e. The van der Waals surface area contributed by atoms with Crippen LogP contribution in [0.3, 0.4) is 0 Å². The van der Waals surface area contributed by atoms with Crippen LogP contribution in [-0.4, -0.2) is 4.57 Å². The minimum atomic E-state index is -0.200. The second-order valence-electron chi connectivity index (χ2n) is 4.59. The summed E-state index contributed by atoms with van der Waals surface area (Å²) in [6.45, 7) is 5.79. The van der Waals surface area contributed by atoms with Gasteiger partial charge in [-0.3, -0.25) is 0 Å². The Morgan fingerprint density at radius 2 is 2.11 bits per heavy atom. The molecule has 0 aliphatic rings. The second-order valence-corrected chi connectivity index (χ2v) is 4.59. The zero-order chi connectivity index (χ0) is 13.0. The minimum absolute atomic E-state index is 0.200. The third-order valence-corrected chi connectivity index (χ3v) is 2.90. The van der Waals surface area contributed by atoms with E-state index < -0.39 is 0 Å². The Balaban J connectivity index is 1.99. The topological polar surface area (TPSA) is 17.0 Å². The van der Waals surface area contributed by atoms with Gasteiger partial charge in [-0.2, -0.15) is 0 Å². The van der Waals surface area contributed by atoms with Gasteiger partial charge in [0.2, 0.25) is 0 Å². The van der Waals surface area contributed by atoms with Gasteiger partial charge in [0.25, 0.3) is 0 Å². The van der Waals surface area contributed by atoms with Gasteiger partial charge in [-0.25, -0.2) is 4.39 Å². The molecule has 0 atom stereocenters. The van der Waals surface area contributed by atoms with E-state index in [1.807, 2.05) is 13.0 Å². The Hall–Kier alpha value is -1.77. The number of hydrogen-bond acceptors (Lipinski definition) is 1. The largest absolute Gasteiger partial charge is 0.379 e. The third-order valence-electron chi connectivity index (χ3n) is 2.90. The molecule has 2 rings (SSSR count). The van der Waals surface area contributed by atoms with Crippen molar-refractivity contribution < 1.29 is 4.39 Å². The van der Waals surface area contributed by atoms with E-state index in [1.165, 1.54) is 11.6 Å². The molecule has 1 N–H and O–H groups in total. The van der Waals surface area contributed by atoms with Crippen molar-refractivity contribution in [2.45, 2.75) is 33.4 Å². The van der Waals surface area contributed by atoms with Crippen LogP contribution in [0.4, 0.5) is 10.1 Å². The summed E-state index contributed by atoms with van der Waals surface area (Å²) in [5.74, 6) is -0.200. The fourth-order valence-electron chi connectivity index (χ4n) is 1.96. The van der Waals surface area contributed by atoms with Crippen LogP contribution in [0.2, 0.25) is 0 Å². The first-order valence-electron chi connectivity index (χ1n) is 6.33. The van der Waals surface area contributed by atoms with Crippen molar-refractivity contribution in [1.29, 1.82) is 0 Å². The zero-order valence-corrected chi connectivity index (χ0v) is 10.9. The minimum Gasteiger partial charge on any atom is -0.379 e. The first-order valence-corrected chi connectivity index (χ1v) is 6.33. The summed E-state index contributed by atoms with van der Waals surface area (Å²) >= 11 is 0. The molecule has 1 aromatic heterocycles. The Morgan fingerprint density at radius 3 is 2.89 bits per heavy atom. The Labute approximate surface area is 107 Å². The fourth-order valence-corrected chi connectivity index (χ4v) is 1.96. The van der Waals surface area contributed by atoms with E-state index in [1.54, 1.807) is 6.07 Å². The van der Waals surface area contributed by atoms with Crippen molar-refractivity contribution in [3.8, 4) is 0 Å². The van der Waals surface area contributed by atoms with Crippen LogP contribution < -0.4 is 5.32 Å². The highest BCUT2D eigenvalue weighted by molar-refractivity contribution is 5.47. The van der Waals surface area contributed by atoms with Crippen LogP contribution in [0.5, 0.6) is 0 Å². The molecule has 2 nitrogen and oxygen atoms in total. The number of rotatable bonds is 5. The van der Waals surface area contributed by atoms with E-state index in [9.17, 15) is 4.39 Å². The lowest BCUT2D eigenvalue weighted by molar-refractivity contribution is 0.629. The van der Waals surface area contributed by atoms with Gasteiger partial charge in [-0.15, -0.1) is 0 Å². The van der Waals surface area contributed by atoms with Crippen molar-refractivity contribution in [3.63, 3.8) is 0 Å². The summed E-state index contributed by atoms with van der Waals surface area (Å²) in [5, 5.41) is 3.14. The Morgan fingerprint density at radius 1 is 1.28 bits per heavy atom. The lowest BCUT2D eigenvalue weighted by atomic mass is 10.2. The van der Waals surface area contributed by atoms with Gasteiger partial charge < -0.3 is 9.88 Å². The van der Waals surface area contributed by atoms with E-state index >= 15 is 0 Å². The average Bonchev–Trinajstić information content (AvgIpc) is 2.79. The van der Waals surface area contributed by atoms with Gasteiger partial charge >= 0.3 is 0 Å². The molecular formula is C15H19FN2. The highest BCUT2D eigenvalue weighted by Gasteiger charge is 2.02. The van der Waals surface area contributed by atoms with Crippen LogP contribution in [0.15, 0.2) is 36.7 Å². The van der Waals surface area contributed by atoms with Gasteiger partial charge in [0, 0.05) is 25.5 Å². The lowest BCUT2D eigenvalue weighted by Crippen LogP contribution is -2.01. The van der Waals surface area contributed by atoms with E-state index in [2.05, 4.69) is 35.3 Å². The standard InChI is InChI=1S/C15H19FN2/c1-3-7-18-8-6-13(11-18)10-17-15-9-12(2)4-5-14(15)16/h4-6,8-9,11,17H,3,7,10H2,1-2H3. The van der Waals surface area contributed by atoms with Crippen molar-refractivity contribution in [2.75, 3.05) is 5.32 Å². The van der Waals surface area contributed by atoms with Crippen LogP contribution in [-0.2, 0) is 13.1 Å². The highest BCUT2D eigenvalue weighted by Crippen LogP contribution is 2.16. The number of aromatic nitrogens is 1. The smallest absolute Gasteiger partial charge is 0.146 e. The second kappa shape index (κ2) is 5.71. The molecule has 96 valence electrons. The van der Waals surface area contributed by atoms with E-state index in [-0.39, 0.29) is 5.82 Å². The molecular weight excluding hydrogens is 227 g/mol. The third kappa shape index (κ3) is 3.13. The van der Waals surface area contributed by atoms with Gasteiger partial charge in [-0.05, 0) is 42.7 Å². The Bertz CT molecular complexity index is 517. The van der Waals surface area contributed by atoms with E-state index in [0.29, 0.717) is 12.2 Å². The van der Waals surface area contributed by atoms with Gasteiger partial charge in [-0.1, -0.05) is 13.0 Å². The van der Waals surface area contributed by atoms with E-state index in [0.717, 1.165) is 18.5 Å². The number of nitrogens with one attached hydrogen (secondary N) is 1. The number of nitrogens with zero attached hydrogens (tertiary/aromatic N) is 1. The van der Waals surface area contributed by atoms with Gasteiger partial charge in [0.05, 0.1) is 5.69 Å². The van der Waals surface area contributed by atoms with Crippen molar-refractivity contribution >= 4 is 5.69 Å². The van der Waals surface area contributed by atoms with E-state index in [4.69, 9.17) is 0 Å². The molecule has 0 aliphatic heterocycles. The van der Waals surface area contributed by atoms with Crippen LogP contribution in [0.25, 0.3) is 0 Å². The summed E-state index contributed by atoms with van der Waals surface area (Å²) in [6, 6.07) is 7.17. The number of anilines is 1. The monoisotopic (exact) mass is 246 g/mol. The summed E-state index contributed by atoms with van der Waals surface area (Å²) in [6.07, 6.45) is 5.28.